The number of nitrogens with zero attached hydrogens (tertiary/aromatic N) is 6. The Bertz CT molecular complexity index is 1210. The normalized spacial score (nSPS) is 15.9. The van der Waals surface area contributed by atoms with Crippen LogP contribution in [0.1, 0.15) is 40.3 Å². The van der Waals surface area contributed by atoms with Crippen LogP contribution in [0, 0.1) is 17.1 Å². The van der Waals surface area contributed by atoms with Gasteiger partial charge >= 0.3 is 0 Å². The molecule has 1 atom stereocenters. The average molecular weight is 407 g/mol. The highest BCUT2D eigenvalue weighted by Gasteiger charge is 2.27. The topological polar surface area (TPSA) is 123 Å². The van der Waals surface area contributed by atoms with Crippen molar-refractivity contribution >= 4 is 11.7 Å². The summed E-state index contributed by atoms with van der Waals surface area (Å²) in [5, 5.41) is 22.1. The van der Waals surface area contributed by atoms with Crippen molar-refractivity contribution in [2.45, 2.75) is 19.6 Å². The molecule has 0 saturated heterocycles. The predicted octanol–water partition coefficient (Wildman–Crippen LogP) is 2.20. The third-order valence-electron chi connectivity index (χ3n) is 4.99. The Balaban J connectivity index is 1.98. The van der Waals surface area contributed by atoms with E-state index in [1.54, 1.807) is 27.1 Å². The number of aryl methyl sites for hydroxylation is 1. The van der Waals surface area contributed by atoms with Gasteiger partial charge < -0.3 is 15.4 Å². The Morgan fingerprint density at radius 2 is 2.07 bits per heavy atom. The van der Waals surface area contributed by atoms with Crippen LogP contribution in [0.5, 0.6) is 5.75 Å². The summed E-state index contributed by atoms with van der Waals surface area (Å²) >= 11 is 0. The molecule has 1 aliphatic rings. The molecule has 1 aromatic carbocycles. The van der Waals surface area contributed by atoms with Gasteiger partial charge in [0, 0.05) is 31.3 Å². The fourth-order valence-electron chi connectivity index (χ4n) is 3.51. The molecule has 0 fully saturated rings. The van der Waals surface area contributed by atoms with Crippen LogP contribution in [0.3, 0.4) is 0 Å². The van der Waals surface area contributed by atoms with E-state index in [1.165, 1.54) is 27.8 Å². The Kier molecular flexibility index (Phi) is 4.58. The second-order valence-corrected chi connectivity index (χ2v) is 7.04. The number of hydrogen-bond acceptors (Lipinski definition) is 7. The lowest BCUT2D eigenvalue weighted by Crippen LogP contribution is -2.28. The van der Waals surface area contributed by atoms with E-state index in [0.29, 0.717) is 28.1 Å². The first-order valence-corrected chi connectivity index (χ1v) is 9.11. The van der Waals surface area contributed by atoms with Gasteiger partial charge in [0.05, 0.1) is 17.8 Å². The van der Waals surface area contributed by atoms with Gasteiger partial charge in [-0.15, -0.1) is 10.2 Å². The molecule has 0 saturated carbocycles. The lowest BCUT2D eigenvalue weighted by molar-refractivity contribution is 0.0778. The molecule has 3 heterocycles. The minimum atomic E-state index is -0.698. The van der Waals surface area contributed by atoms with Crippen molar-refractivity contribution in [3.05, 3.63) is 52.6 Å². The van der Waals surface area contributed by atoms with E-state index >= 15 is 0 Å². The fourth-order valence-corrected chi connectivity index (χ4v) is 3.51. The number of nitrogens with two attached hydrogens (primary N) is 1. The van der Waals surface area contributed by atoms with Crippen LogP contribution < -0.4 is 10.5 Å². The van der Waals surface area contributed by atoms with E-state index in [1.807, 2.05) is 0 Å². The van der Waals surface area contributed by atoms with E-state index in [2.05, 4.69) is 21.4 Å². The van der Waals surface area contributed by atoms with Crippen LogP contribution in [0.2, 0.25) is 0 Å². The van der Waals surface area contributed by atoms with Crippen LogP contribution >= 0.6 is 0 Å². The lowest BCUT2D eigenvalue weighted by atomic mass is 10.0. The Morgan fingerprint density at radius 1 is 1.30 bits per heavy atom. The third-order valence-corrected chi connectivity index (χ3v) is 4.99. The van der Waals surface area contributed by atoms with Crippen LogP contribution in [0.4, 0.5) is 10.2 Å². The first-order valence-electron chi connectivity index (χ1n) is 9.11. The molecular formula is C20H18FN7O2. The Labute approximate surface area is 171 Å². The Hall–Kier alpha value is -4.00. The quantitative estimate of drug-likeness (QED) is 0.606. The van der Waals surface area contributed by atoms with E-state index in [9.17, 15) is 14.4 Å². The molecule has 9 nitrogen and oxygen atoms in total. The highest BCUT2D eigenvalue weighted by molar-refractivity contribution is 5.95. The number of carbonyl (C=O) groups excluding carboxylic acids is 1. The standard InChI is InChI=1S/C20H18FN7O2/c1-10-13-6-11(21)4-5-12(13)20(29)27(2)9-15-18(16(8-22)28(3)26-15)14-7-17(30-10)19(23)25-24-14/h4-7,10H,9H2,1-3H3,(H2,23,25). The summed E-state index contributed by atoms with van der Waals surface area (Å²) in [6.07, 6.45) is -0.698. The zero-order valence-corrected chi connectivity index (χ0v) is 16.5. The van der Waals surface area contributed by atoms with Gasteiger partial charge in [-0.2, -0.15) is 10.4 Å². The van der Waals surface area contributed by atoms with Gasteiger partial charge in [0.25, 0.3) is 5.91 Å². The van der Waals surface area contributed by atoms with Gasteiger partial charge in [0.1, 0.15) is 29.4 Å². The molecule has 1 aliphatic heterocycles. The molecule has 0 radical (unpaired) electrons. The van der Waals surface area contributed by atoms with Crippen LogP contribution in [0.25, 0.3) is 11.3 Å². The molecule has 2 bridgehead atoms. The van der Waals surface area contributed by atoms with Gasteiger partial charge in [-0.25, -0.2) is 4.39 Å². The summed E-state index contributed by atoms with van der Waals surface area (Å²) in [5.74, 6) is -0.575. The van der Waals surface area contributed by atoms with E-state index in [-0.39, 0.29) is 29.7 Å². The van der Waals surface area contributed by atoms with Gasteiger partial charge in [-0.3, -0.25) is 9.48 Å². The highest BCUT2D eigenvalue weighted by atomic mass is 19.1. The maximum Gasteiger partial charge on any atom is 0.254 e. The maximum absolute atomic E-state index is 14.0. The summed E-state index contributed by atoms with van der Waals surface area (Å²) in [6.45, 7) is 1.80. The molecule has 2 N–H and O–H groups in total. The SMILES string of the molecule is CC1Oc2cc(nnc2N)-c2c(nn(C)c2C#N)CN(C)C(=O)c2ccc(F)cc21. The molecule has 0 spiro atoms. The van der Waals surface area contributed by atoms with Gasteiger partial charge in [-0.05, 0) is 25.1 Å². The monoisotopic (exact) mass is 407 g/mol. The summed E-state index contributed by atoms with van der Waals surface area (Å²) in [4.78, 5) is 14.6. The molecule has 1 unspecified atom stereocenters. The number of nitriles is 1. The minimum absolute atomic E-state index is 0.0352. The number of amides is 1. The number of fused-ring (bicyclic) bond motifs is 5. The van der Waals surface area contributed by atoms with E-state index in [4.69, 9.17) is 10.5 Å². The lowest BCUT2D eigenvalue weighted by Gasteiger charge is -2.23. The molecule has 1 amide bonds. The van der Waals surface area contributed by atoms with Crippen molar-refractivity contribution in [1.82, 2.24) is 24.9 Å². The number of carbonyl (C=O) groups is 1. The van der Waals surface area contributed by atoms with Crippen LogP contribution in [-0.4, -0.2) is 37.8 Å². The van der Waals surface area contributed by atoms with Crippen molar-refractivity contribution in [2.24, 2.45) is 7.05 Å². The van der Waals surface area contributed by atoms with Crippen LogP contribution in [-0.2, 0) is 13.6 Å². The summed E-state index contributed by atoms with van der Waals surface area (Å²) in [5.41, 5.74) is 8.13. The number of rotatable bonds is 0. The van der Waals surface area contributed by atoms with Crippen molar-refractivity contribution in [2.75, 3.05) is 12.8 Å². The molecule has 10 heteroatoms. The number of aromatic nitrogens is 4. The number of halogens is 1. The molecule has 2 aromatic heterocycles. The maximum atomic E-state index is 14.0. The van der Waals surface area contributed by atoms with Gasteiger partial charge in [0.2, 0.25) is 0 Å². The van der Waals surface area contributed by atoms with Crippen LogP contribution in [0.15, 0.2) is 24.3 Å². The summed E-state index contributed by atoms with van der Waals surface area (Å²) < 4.78 is 21.3. The van der Waals surface area contributed by atoms with Gasteiger partial charge in [0.15, 0.2) is 11.6 Å². The van der Waals surface area contributed by atoms with Crippen molar-refractivity contribution in [3.8, 4) is 23.1 Å². The molecule has 30 heavy (non-hydrogen) atoms. The number of ether oxygens (including phenoxy) is 1. The van der Waals surface area contributed by atoms with Crippen molar-refractivity contribution in [3.63, 3.8) is 0 Å². The molecular weight excluding hydrogens is 389 g/mol. The van der Waals surface area contributed by atoms with E-state index < -0.39 is 11.9 Å². The number of anilines is 1. The second kappa shape index (κ2) is 7.11. The zero-order valence-electron chi connectivity index (χ0n) is 16.5. The predicted molar refractivity (Wildman–Crippen MR) is 105 cm³/mol. The largest absolute Gasteiger partial charge is 0.482 e. The average Bonchev–Trinajstić information content (AvgIpc) is 3.03. The number of nitrogen functional groups attached to an aromatic ring is 1. The smallest absolute Gasteiger partial charge is 0.254 e. The molecule has 3 aromatic rings. The summed E-state index contributed by atoms with van der Waals surface area (Å²) in [7, 11) is 3.24. The highest BCUT2D eigenvalue weighted by Crippen LogP contribution is 2.34. The van der Waals surface area contributed by atoms with Crippen molar-refractivity contribution in [1.29, 1.82) is 5.26 Å². The Morgan fingerprint density at radius 3 is 2.80 bits per heavy atom. The summed E-state index contributed by atoms with van der Waals surface area (Å²) in [6, 6.07) is 7.60. The molecule has 0 aliphatic carbocycles. The van der Waals surface area contributed by atoms with E-state index in [0.717, 1.165) is 0 Å². The fraction of sp³-hybridized carbons (Fsp3) is 0.250. The molecule has 4 rings (SSSR count). The number of hydrogen-bond donors (Lipinski definition) is 1. The van der Waals surface area contributed by atoms with Gasteiger partial charge in [-0.1, -0.05) is 0 Å². The van der Waals surface area contributed by atoms with Crippen molar-refractivity contribution < 1.29 is 13.9 Å². The first kappa shape index (κ1) is 19.3. The number of benzene rings is 1. The first-order chi connectivity index (χ1) is 14.3. The minimum Gasteiger partial charge on any atom is -0.482 e. The third kappa shape index (κ3) is 3.10. The molecule has 152 valence electrons. The second-order valence-electron chi connectivity index (χ2n) is 7.04. The zero-order chi connectivity index (χ0) is 21.6.